The molecular weight excluding hydrogens is 800 g/mol. The van der Waals surface area contributed by atoms with Gasteiger partial charge in [-0.15, -0.1) is 0 Å². The van der Waals surface area contributed by atoms with Crippen LogP contribution in [-0.2, 0) is 16.8 Å². The summed E-state index contributed by atoms with van der Waals surface area (Å²) in [5, 5.41) is 10.1. The summed E-state index contributed by atoms with van der Waals surface area (Å²) >= 11 is 0. The topological polar surface area (TPSA) is 165 Å². The van der Waals surface area contributed by atoms with Crippen molar-refractivity contribution in [2.24, 2.45) is 5.92 Å². The Morgan fingerprint density at radius 1 is 0.905 bits per heavy atom. The normalized spacial score (nSPS) is 17.1. The molecule has 3 fully saturated rings. The first-order chi connectivity index (χ1) is 30.4. The maximum absolute atomic E-state index is 15.3. The molecular formula is C48H53FN10O4. The van der Waals surface area contributed by atoms with Gasteiger partial charge in [-0.1, -0.05) is 62.3 Å². The highest BCUT2D eigenvalue weighted by Gasteiger charge is 2.29. The number of carbonyl (C=O) groups is 3. The number of amides is 4. The largest absolute Gasteiger partial charge is 0.369 e. The van der Waals surface area contributed by atoms with Gasteiger partial charge in [0.05, 0.1) is 11.4 Å². The third-order valence-corrected chi connectivity index (χ3v) is 12.8. The Bertz CT molecular complexity index is 2650. The van der Waals surface area contributed by atoms with Crippen molar-refractivity contribution in [2.45, 2.75) is 77.7 Å². The van der Waals surface area contributed by atoms with E-state index < -0.39 is 11.9 Å². The Morgan fingerprint density at radius 2 is 1.67 bits per heavy atom. The SMILES string of the molecule is Cc1cc(-c2ncnc3[nH]c(-c4ccc(C5CCN(CC6CCN(c7ccc(N8CCC(=O)NC8=O)cc7F)CC6)CC5)cc4)cc23)ccc1CNC(=O)c1nc(C(C)(C)C)no1. The van der Waals surface area contributed by atoms with Gasteiger partial charge in [-0.2, -0.15) is 4.98 Å². The van der Waals surface area contributed by atoms with E-state index in [1.165, 1.54) is 16.5 Å². The molecule has 3 saturated heterocycles. The van der Waals surface area contributed by atoms with E-state index in [1.807, 2.05) is 39.8 Å². The van der Waals surface area contributed by atoms with Crippen LogP contribution < -0.4 is 20.4 Å². The number of likely N-dealkylation sites (tertiary alicyclic amines) is 1. The second-order valence-electron chi connectivity index (χ2n) is 18.2. The molecule has 0 saturated carbocycles. The third-order valence-electron chi connectivity index (χ3n) is 12.8. The van der Waals surface area contributed by atoms with Crippen LogP contribution in [0, 0.1) is 18.7 Å². The van der Waals surface area contributed by atoms with Gasteiger partial charge in [-0.05, 0) is 110 Å². The molecule has 6 aromatic rings. The summed E-state index contributed by atoms with van der Waals surface area (Å²) in [6, 6.07) is 21.6. The highest BCUT2D eigenvalue weighted by Crippen LogP contribution is 2.35. The molecule has 6 heterocycles. The summed E-state index contributed by atoms with van der Waals surface area (Å²) < 4.78 is 20.5. The fraction of sp³-hybridized carbons (Fsp3) is 0.396. The second kappa shape index (κ2) is 17.4. The van der Waals surface area contributed by atoms with E-state index in [-0.39, 0.29) is 36.0 Å². The number of rotatable bonds is 10. The van der Waals surface area contributed by atoms with E-state index in [1.54, 1.807) is 18.5 Å². The van der Waals surface area contributed by atoms with Crippen molar-refractivity contribution in [1.29, 1.82) is 0 Å². The van der Waals surface area contributed by atoms with Crippen molar-refractivity contribution in [3.63, 3.8) is 0 Å². The van der Waals surface area contributed by atoms with Crippen LogP contribution in [-0.4, -0.2) is 87.1 Å². The predicted molar refractivity (Wildman–Crippen MR) is 239 cm³/mol. The number of anilines is 2. The Hall–Kier alpha value is -6.48. The van der Waals surface area contributed by atoms with E-state index in [0.717, 1.165) is 103 Å². The lowest BCUT2D eigenvalue weighted by atomic mass is 9.87. The smallest absolute Gasteiger partial charge is 0.328 e. The second-order valence-corrected chi connectivity index (χ2v) is 18.2. The molecule has 3 N–H and O–H groups in total. The van der Waals surface area contributed by atoms with Crippen molar-refractivity contribution < 1.29 is 23.3 Å². The average molecular weight is 853 g/mol. The van der Waals surface area contributed by atoms with Gasteiger partial charge in [0.1, 0.15) is 17.8 Å². The van der Waals surface area contributed by atoms with E-state index in [4.69, 9.17) is 4.52 Å². The number of fused-ring (bicyclic) bond motifs is 1. The molecule has 3 aromatic heterocycles. The van der Waals surface area contributed by atoms with Gasteiger partial charge in [0.15, 0.2) is 5.82 Å². The maximum Gasteiger partial charge on any atom is 0.328 e. The first-order valence-electron chi connectivity index (χ1n) is 21.9. The number of nitrogens with zero attached hydrogens (tertiary/aromatic N) is 7. The number of hydrogen-bond acceptors (Lipinski definition) is 10. The zero-order valence-electron chi connectivity index (χ0n) is 36.2. The molecule has 0 aliphatic carbocycles. The highest BCUT2D eigenvalue weighted by atomic mass is 19.1. The Labute approximate surface area is 365 Å². The number of aromatic nitrogens is 5. The summed E-state index contributed by atoms with van der Waals surface area (Å²) in [4.78, 5) is 59.6. The number of imide groups is 1. The predicted octanol–water partition coefficient (Wildman–Crippen LogP) is 7.89. The number of nitrogens with one attached hydrogen (secondary N) is 3. The number of aryl methyl sites for hydroxylation is 1. The van der Waals surface area contributed by atoms with Crippen molar-refractivity contribution in [1.82, 2.24) is 40.6 Å². The van der Waals surface area contributed by atoms with Crippen molar-refractivity contribution in [2.75, 3.05) is 49.1 Å². The molecule has 0 radical (unpaired) electrons. The number of benzene rings is 3. The minimum atomic E-state index is -0.509. The molecule has 15 heteroatoms. The van der Waals surface area contributed by atoms with Gasteiger partial charge >= 0.3 is 17.8 Å². The van der Waals surface area contributed by atoms with Crippen LogP contribution >= 0.6 is 0 Å². The fourth-order valence-electron chi connectivity index (χ4n) is 9.07. The number of hydrogen-bond donors (Lipinski definition) is 3. The third kappa shape index (κ3) is 9.06. The van der Waals surface area contributed by atoms with E-state index in [9.17, 15) is 14.4 Å². The molecule has 0 bridgehead atoms. The molecule has 14 nitrogen and oxygen atoms in total. The molecule has 63 heavy (non-hydrogen) atoms. The lowest BCUT2D eigenvalue weighted by Crippen LogP contribution is -2.49. The number of halogens is 1. The Morgan fingerprint density at radius 3 is 2.37 bits per heavy atom. The van der Waals surface area contributed by atoms with Gasteiger partial charge in [0.25, 0.3) is 0 Å². The van der Waals surface area contributed by atoms with Crippen LogP contribution in [0.4, 0.5) is 20.6 Å². The fourth-order valence-corrected chi connectivity index (χ4v) is 9.07. The minimum absolute atomic E-state index is 0.0478. The molecule has 3 aliphatic heterocycles. The minimum Gasteiger partial charge on any atom is -0.369 e. The number of aromatic amines is 1. The van der Waals surface area contributed by atoms with Crippen LogP contribution in [0.15, 0.2) is 77.6 Å². The highest BCUT2D eigenvalue weighted by molar-refractivity contribution is 6.05. The maximum atomic E-state index is 15.3. The zero-order chi connectivity index (χ0) is 43.8. The molecule has 4 amide bonds. The number of H-pyrrole nitrogens is 1. The van der Waals surface area contributed by atoms with E-state index >= 15 is 4.39 Å². The summed E-state index contributed by atoms with van der Waals surface area (Å²) in [5.74, 6) is 0.465. The van der Waals surface area contributed by atoms with Gasteiger partial charge in [-0.25, -0.2) is 19.2 Å². The van der Waals surface area contributed by atoms with Crippen LogP contribution in [0.25, 0.3) is 33.5 Å². The standard InChI is InChI=1S/C48H53FN10O4/c1-29-23-34(9-10-35(29)26-50-44(61)45-55-46(56-63-45)48(2,3)4)42-37-25-39(53-43(37)52-28-51-42)33-7-5-31(6-8-33)32-15-18-57(19-16-32)27-30-13-20-58(21-14-30)40-12-11-36(24-38(40)49)59-22-17-41(60)54-47(59)62/h5-12,23-25,28,30,32H,13-22,26-27H2,1-4H3,(H,50,61)(H,51,52,53)(H,54,60,62). The number of piperidine rings is 2. The van der Waals surface area contributed by atoms with Crippen LogP contribution in [0.5, 0.6) is 0 Å². The summed E-state index contributed by atoms with van der Waals surface area (Å²) in [6.07, 6.45) is 6.04. The van der Waals surface area contributed by atoms with Gasteiger partial charge < -0.3 is 24.6 Å². The van der Waals surface area contributed by atoms with Crippen LogP contribution in [0.1, 0.15) is 92.0 Å². The van der Waals surface area contributed by atoms with Gasteiger partial charge in [-0.3, -0.25) is 19.8 Å². The molecule has 0 atom stereocenters. The van der Waals surface area contributed by atoms with Crippen molar-refractivity contribution >= 4 is 40.3 Å². The monoisotopic (exact) mass is 852 g/mol. The average Bonchev–Trinajstić information content (AvgIpc) is 3.96. The molecule has 0 unspecified atom stereocenters. The number of urea groups is 1. The molecule has 9 rings (SSSR count). The zero-order valence-corrected chi connectivity index (χ0v) is 36.2. The lowest BCUT2D eigenvalue weighted by Gasteiger charge is -2.38. The summed E-state index contributed by atoms with van der Waals surface area (Å²) in [6.45, 7) is 13.3. The first kappa shape index (κ1) is 41.9. The summed E-state index contributed by atoms with van der Waals surface area (Å²) in [5.41, 5.74) is 8.70. The van der Waals surface area contributed by atoms with E-state index in [0.29, 0.717) is 35.6 Å². The van der Waals surface area contributed by atoms with Gasteiger partial charge in [0.2, 0.25) is 5.91 Å². The van der Waals surface area contributed by atoms with Crippen molar-refractivity contribution in [3.8, 4) is 22.5 Å². The molecule has 0 spiro atoms. The lowest BCUT2D eigenvalue weighted by molar-refractivity contribution is -0.120. The number of carbonyl (C=O) groups excluding carboxylic acids is 3. The van der Waals surface area contributed by atoms with Crippen molar-refractivity contribution in [3.05, 3.63) is 107 Å². The molecule has 3 aliphatic rings. The van der Waals surface area contributed by atoms with Gasteiger partial charge in [0, 0.05) is 66.9 Å². The van der Waals surface area contributed by atoms with E-state index in [2.05, 4.69) is 81.9 Å². The summed E-state index contributed by atoms with van der Waals surface area (Å²) in [7, 11) is 0. The first-order valence-corrected chi connectivity index (χ1v) is 21.9. The quantitative estimate of drug-likeness (QED) is 0.123. The Kier molecular flexibility index (Phi) is 11.5. The molecule has 3 aromatic carbocycles. The molecule has 326 valence electrons. The van der Waals surface area contributed by atoms with Crippen LogP contribution in [0.3, 0.4) is 0 Å². The Balaban J connectivity index is 0.764. The van der Waals surface area contributed by atoms with Crippen LogP contribution in [0.2, 0.25) is 0 Å².